The molecule has 0 bridgehead atoms. The van der Waals surface area contributed by atoms with Crippen LogP contribution in [0.5, 0.6) is 0 Å². The monoisotopic (exact) mass is 318 g/mol. The number of carbonyl (C=O) groups is 2. The molecule has 0 N–H and O–H groups in total. The van der Waals surface area contributed by atoms with Crippen LogP contribution < -0.4 is 0 Å². The van der Waals surface area contributed by atoms with E-state index in [9.17, 15) is 9.59 Å². The number of nitrogens with zero attached hydrogens (tertiary/aromatic N) is 2. The lowest BCUT2D eigenvalue weighted by atomic mass is 10.1. The first kappa shape index (κ1) is 14.7. The first-order valence-corrected chi connectivity index (χ1v) is 7.39. The number of piperazine rings is 1. The van der Waals surface area contributed by atoms with Crippen molar-refractivity contribution >= 4 is 23.4 Å². The van der Waals surface area contributed by atoms with E-state index in [0.717, 1.165) is 0 Å². The van der Waals surface area contributed by atoms with E-state index >= 15 is 0 Å². The van der Waals surface area contributed by atoms with Crippen LogP contribution >= 0.6 is 11.6 Å². The Labute approximate surface area is 133 Å². The van der Waals surface area contributed by atoms with Crippen LogP contribution in [-0.2, 0) is 0 Å². The van der Waals surface area contributed by atoms with Gasteiger partial charge in [0, 0.05) is 36.8 Å². The van der Waals surface area contributed by atoms with Crippen LogP contribution in [0, 0.1) is 0 Å². The first-order chi connectivity index (χ1) is 10.6. The Balaban J connectivity index is 1.62. The predicted molar refractivity (Wildman–Crippen MR) is 82.0 cm³/mol. The fourth-order valence-corrected chi connectivity index (χ4v) is 2.68. The van der Waals surface area contributed by atoms with E-state index in [-0.39, 0.29) is 11.8 Å². The van der Waals surface area contributed by atoms with Gasteiger partial charge in [-0.25, -0.2) is 0 Å². The van der Waals surface area contributed by atoms with Crippen LogP contribution in [0.1, 0.15) is 20.7 Å². The summed E-state index contributed by atoms with van der Waals surface area (Å²) < 4.78 is 4.93. The molecule has 1 aromatic carbocycles. The number of rotatable bonds is 2. The number of benzene rings is 1. The molecule has 5 nitrogen and oxygen atoms in total. The third-order valence-electron chi connectivity index (χ3n) is 3.69. The molecule has 114 valence electrons. The van der Waals surface area contributed by atoms with Crippen molar-refractivity contribution < 1.29 is 14.0 Å². The number of hydrogen-bond acceptors (Lipinski definition) is 3. The summed E-state index contributed by atoms with van der Waals surface area (Å²) in [7, 11) is 0. The minimum Gasteiger partial charge on any atom is -0.472 e. The maximum absolute atomic E-state index is 12.4. The molecule has 0 radical (unpaired) electrons. The largest absolute Gasteiger partial charge is 0.472 e. The van der Waals surface area contributed by atoms with E-state index in [2.05, 4.69) is 0 Å². The van der Waals surface area contributed by atoms with Crippen molar-refractivity contribution in [2.75, 3.05) is 26.2 Å². The van der Waals surface area contributed by atoms with Gasteiger partial charge in [0.1, 0.15) is 6.26 Å². The molecule has 1 aromatic heterocycles. The van der Waals surface area contributed by atoms with Gasteiger partial charge in [-0.15, -0.1) is 0 Å². The normalized spacial score (nSPS) is 15.0. The Kier molecular flexibility index (Phi) is 4.15. The highest BCUT2D eigenvalue weighted by atomic mass is 35.5. The zero-order valence-corrected chi connectivity index (χ0v) is 12.6. The van der Waals surface area contributed by atoms with Gasteiger partial charge in [-0.3, -0.25) is 9.59 Å². The van der Waals surface area contributed by atoms with E-state index in [1.807, 2.05) is 0 Å². The number of halogens is 1. The molecule has 0 saturated carbocycles. The molecule has 1 fully saturated rings. The summed E-state index contributed by atoms with van der Waals surface area (Å²) in [5, 5.41) is 0.541. The minimum atomic E-state index is -0.0661. The molecule has 1 aliphatic heterocycles. The molecule has 3 rings (SSSR count). The number of carbonyl (C=O) groups excluding carboxylic acids is 2. The van der Waals surface area contributed by atoms with E-state index in [4.69, 9.17) is 16.0 Å². The van der Waals surface area contributed by atoms with Gasteiger partial charge in [-0.2, -0.15) is 0 Å². The molecule has 2 heterocycles. The third kappa shape index (κ3) is 2.99. The smallest absolute Gasteiger partial charge is 0.257 e. The highest BCUT2D eigenvalue weighted by molar-refractivity contribution is 6.30. The second kappa shape index (κ2) is 6.23. The first-order valence-electron chi connectivity index (χ1n) is 7.01. The Bertz CT molecular complexity index is 676. The number of furan rings is 1. The van der Waals surface area contributed by atoms with Crippen molar-refractivity contribution in [2.45, 2.75) is 0 Å². The molecule has 0 atom stereocenters. The molecule has 6 heteroatoms. The molecule has 0 aliphatic carbocycles. The lowest BCUT2D eigenvalue weighted by molar-refractivity contribution is 0.0535. The highest BCUT2D eigenvalue weighted by Crippen LogP contribution is 2.15. The lowest BCUT2D eigenvalue weighted by Crippen LogP contribution is -2.50. The minimum absolute atomic E-state index is 0.0575. The summed E-state index contributed by atoms with van der Waals surface area (Å²) in [5.74, 6) is -0.124. The maximum Gasteiger partial charge on any atom is 0.257 e. The standard InChI is InChI=1S/C16H15ClN2O3/c17-14-3-1-2-12(10-14)15(20)18-5-7-19(8-6-18)16(21)13-4-9-22-11-13/h1-4,9-11H,5-8H2. The summed E-state index contributed by atoms with van der Waals surface area (Å²) in [6.45, 7) is 2.04. The van der Waals surface area contributed by atoms with Crippen molar-refractivity contribution in [1.29, 1.82) is 0 Å². The van der Waals surface area contributed by atoms with Crippen LogP contribution in [-0.4, -0.2) is 47.8 Å². The molecular formula is C16H15ClN2O3. The average Bonchev–Trinajstić information content (AvgIpc) is 3.08. The van der Waals surface area contributed by atoms with E-state index in [1.54, 1.807) is 40.1 Å². The Morgan fingerprint density at radius 1 is 0.955 bits per heavy atom. The van der Waals surface area contributed by atoms with Gasteiger partial charge in [-0.05, 0) is 24.3 Å². The molecule has 1 aliphatic rings. The van der Waals surface area contributed by atoms with E-state index in [1.165, 1.54) is 12.5 Å². The molecule has 0 spiro atoms. The van der Waals surface area contributed by atoms with Crippen molar-refractivity contribution in [1.82, 2.24) is 9.80 Å². The SMILES string of the molecule is O=C(c1ccoc1)N1CCN(C(=O)c2cccc(Cl)c2)CC1. The van der Waals surface area contributed by atoms with Crippen molar-refractivity contribution in [3.63, 3.8) is 0 Å². The van der Waals surface area contributed by atoms with Crippen LogP contribution in [0.15, 0.2) is 47.3 Å². The van der Waals surface area contributed by atoms with Gasteiger partial charge in [0.15, 0.2) is 0 Å². The summed E-state index contributed by atoms with van der Waals surface area (Å²) in [6.07, 6.45) is 2.91. The maximum atomic E-state index is 12.4. The zero-order chi connectivity index (χ0) is 15.5. The van der Waals surface area contributed by atoms with Gasteiger partial charge in [0.05, 0.1) is 11.8 Å². The van der Waals surface area contributed by atoms with Crippen molar-refractivity contribution in [3.05, 3.63) is 59.0 Å². The average molecular weight is 319 g/mol. The van der Waals surface area contributed by atoms with Crippen molar-refractivity contribution in [2.24, 2.45) is 0 Å². The number of hydrogen-bond donors (Lipinski definition) is 0. The quantitative estimate of drug-likeness (QED) is 0.855. The van der Waals surface area contributed by atoms with Gasteiger partial charge in [0.25, 0.3) is 11.8 Å². The Hall–Kier alpha value is -2.27. The Morgan fingerprint density at radius 3 is 2.14 bits per heavy atom. The van der Waals surface area contributed by atoms with Crippen molar-refractivity contribution in [3.8, 4) is 0 Å². The zero-order valence-electron chi connectivity index (χ0n) is 11.9. The van der Waals surface area contributed by atoms with Gasteiger partial charge in [0.2, 0.25) is 0 Å². The molecular weight excluding hydrogens is 304 g/mol. The molecule has 0 unspecified atom stereocenters. The third-order valence-corrected chi connectivity index (χ3v) is 3.93. The summed E-state index contributed by atoms with van der Waals surface area (Å²) in [6, 6.07) is 8.55. The van der Waals surface area contributed by atoms with Crippen LogP contribution in [0.2, 0.25) is 5.02 Å². The number of amides is 2. The van der Waals surface area contributed by atoms with Gasteiger partial charge < -0.3 is 14.2 Å². The second-order valence-electron chi connectivity index (χ2n) is 5.11. The fraction of sp³-hybridized carbons (Fsp3) is 0.250. The fourth-order valence-electron chi connectivity index (χ4n) is 2.49. The van der Waals surface area contributed by atoms with Crippen LogP contribution in [0.4, 0.5) is 0 Å². The Morgan fingerprint density at radius 2 is 1.59 bits per heavy atom. The molecule has 1 saturated heterocycles. The highest BCUT2D eigenvalue weighted by Gasteiger charge is 2.25. The van der Waals surface area contributed by atoms with E-state index < -0.39 is 0 Å². The van der Waals surface area contributed by atoms with E-state index in [0.29, 0.717) is 42.3 Å². The topological polar surface area (TPSA) is 53.8 Å². The predicted octanol–water partition coefficient (Wildman–Crippen LogP) is 2.53. The summed E-state index contributed by atoms with van der Waals surface area (Å²) in [4.78, 5) is 28.1. The lowest BCUT2D eigenvalue weighted by Gasteiger charge is -2.34. The van der Waals surface area contributed by atoms with Gasteiger partial charge in [-0.1, -0.05) is 17.7 Å². The van der Waals surface area contributed by atoms with Crippen LogP contribution in [0.3, 0.4) is 0 Å². The summed E-state index contributed by atoms with van der Waals surface area (Å²) >= 11 is 5.92. The molecule has 22 heavy (non-hydrogen) atoms. The molecule has 2 aromatic rings. The van der Waals surface area contributed by atoms with Crippen LogP contribution in [0.25, 0.3) is 0 Å². The second-order valence-corrected chi connectivity index (χ2v) is 5.54. The van der Waals surface area contributed by atoms with Gasteiger partial charge >= 0.3 is 0 Å². The molecule has 2 amide bonds. The summed E-state index contributed by atoms with van der Waals surface area (Å²) in [5.41, 5.74) is 1.11.